The van der Waals surface area contributed by atoms with E-state index in [1.807, 2.05) is 59.4 Å². The van der Waals surface area contributed by atoms with Crippen LogP contribution in [0.15, 0.2) is 49.1 Å². The van der Waals surface area contributed by atoms with E-state index < -0.39 is 0 Å². The van der Waals surface area contributed by atoms with Gasteiger partial charge in [-0.15, -0.1) is 0 Å². The molecule has 28 heavy (non-hydrogen) atoms. The largest absolute Gasteiger partial charge is 2.00 e. The van der Waals surface area contributed by atoms with Gasteiger partial charge in [0.15, 0.2) is 0 Å². The molecule has 4 aromatic heterocycles. The van der Waals surface area contributed by atoms with Crippen molar-refractivity contribution < 1.29 is 21.1 Å². The standard InChI is InChI=1S/C21H20N6.Pt/c1-15-11-26(13-22-15)19-9-5-7-17(24-19)21(3,4)18-8-6-10-20(25-18)27-12-16(2)23-14-27;/h5-10,13-14H,1-4H3;/q-2;+2. The molecule has 0 N–H and O–H groups in total. The van der Waals surface area contributed by atoms with Crippen LogP contribution in [0.3, 0.4) is 0 Å². The van der Waals surface area contributed by atoms with Gasteiger partial charge in [-0.3, -0.25) is 9.97 Å². The third-order valence-electron chi connectivity index (χ3n) is 4.54. The second-order valence-electron chi connectivity index (χ2n) is 7.01. The van der Waals surface area contributed by atoms with Crippen molar-refractivity contribution in [2.75, 3.05) is 0 Å². The van der Waals surface area contributed by atoms with E-state index in [1.54, 1.807) is 12.7 Å². The zero-order valence-electron chi connectivity index (χ0n) is 16.1. The second kappa shape index (κ2) is 7.80. The van der Waals surface area contributed by atoms with Crippen LogP contribution in [0.5, 0.6) is 0 Å². The number of rotatable bonds is 4. The maximum absolute atomic E-state index is 4.84. The summed E-state index contributed by atoms with van der Waals surface area (Å²) in [6.45, 7) is 8.07. The first kappa shape index (κ1) is 20.2. The third kappa shape index (κ3) is 3.83. The summed E-state index contributed by atoms with van der Waals surface area (Å²) in [5, 5.41) is 0. The third-order valence-corrected chi connectivity index (χ3v) is 4.54. The summed E-state index contributed by atoms with van der Waals surface area (Å²) in [4.78, 5) is 18.1. The molecule has 0 atom stereocenters. The average molecular weight is 552 g/mol. The molecule has 0 fully saturated rings. The van der Waals surface area contributed by atoms with E-state index >= 15 is 0 Å². The van der Waals surface area contributed by atoms with E-state index in [4.69, 9.17) is 9.97 Å². The molecule has 0 saturated heterocycles. The Balaban J connectivity index is 0.00000225. The molecule has 4 rings (SSSR count). The summed E-state index contributed by atoms with van der Waals surface area (Å²) in [6.07, 6.45) is 9.77. The second-order valence-corrected chi connectivity index (χ2v) is 7.01. The first-order valence-electron chi connectivity index (χ1n) is 8.76. The molecular formula is C21H20N6Pt. The molecule has 0 spiro atoms. The van der Waals surface area contributed by atoms with Crippen LogP contribution in [0, 0.1) is 26.2 Å². The molecule has 0 aromatic carbocycles. The van der Waals surface area contributed by atoms with Gasteiger partial charge in [-0.05, 0) is 63.9 Å². The molecule has 0 aliphatic rings. The van der Waals surface area contributed by atoms with Gasteiger partial charge in [0.2, 0.25) is 0 Å². The molecule has 4 heterocycles. The molecule has 0 radical (unpaired) electrons. The van der Waals surface area contributed by atoms with Crippen molar-refractivity contribution in [2.45, 2.75) is 33.1 Å². The summed E-state index contributed by atoms with van der Waals surface area (Å²) >= 11 is 0. The van der Waals surface area contributed by atoms with Gasteiger partial charge in [-0.25, -0.2) is 0 Å². The Bertz CT molecular complexity index is 1010. The van der Waals surface area contributed by atoms with Gasteiger partial charge in [-0.2, -0.15) is 0 Å². The van der Waals surface area contributed by atoms with Crippen molar-refractivity contribution in [3.05, 3.63) is 84.2 Å². The molecule has 4 aromatic rings. The molecule has 0 bridgehead atoms. The van der Waals surface area contributed by atoms with Crippen LogP contribution in [0.4, 0.5) is 0 Å². The minimum absolute atomic E-state index is 0. The van der Waals surface area contributed by atoms with Crippen LogP contribution in [-0.2, 0) is 26.5 Å². The van der Waals surface area contributed by atoms with Crippen LogP contribution in [0.25, 0.3) is 11.6 Å². The molecule has 0 aliphatic heterocycles. The number of aromatic nitrogens is 6. The van der Waals surface area contributed by atoms with Gasteiger partial charge < -0.3 is 19.1 Å². The normalized spacial score (nSPS) is 11.3. The Morgan fingerprint density at radius 2 is 1.18 bits per heavy atom. The van der Waals surface area contributed by atoms with Gasteiger partial charge in [0.1, 0.15) is 0 Å². The molecule has 0 amide bonds. The van der Waals surface area contributed by atoms with Crippen LogP contribution >= 0.6 is 0 Å². The maximum atomic E-state index is 4.84. The minimum Gasteiger partial charge on any atom is -0.453 e. The Morgan fingerprint density at radius 1 is 0.750 bits per heavy atom. The SMILES string of the molecule is Cc1[c-]n(-c2cccc(C(C)(C)c3cccc(-n4[c-]c(C)nc4)n3)n2)cn1.[Pt+2]. The number of hydrogen-bond donors (Lipinski definition) is 0. The van der Waals surface area contributed by atoms with Gasteiger partial charge in [-0.1, -0.05) is 36.7 Å². The van der Waals surface area contributed by atoms with Gasteiger partial charge in [0.25, 0.3) is 0 Å². The number of hydrogen-bond acceptors (Lipinski definition) is 4. The van der Waals surface area contributed by atoms with Gasteiger partial charge >= 0.3 is 21.1 Å². The van der Waals surface area contributed by atoms with Crippen molar-refractivity contribution in [1.82, 2.24) is 29.1 Å². The van der Waals surface area contributed by atoms with Crippen molar-refractivity contribution in [3.8, 4) is 11.6 Å². The average Bonchev–Trinajstić information content (AvgIpc) is 3.30. The summed E-state index contributed by atoms with van der Waals surface area (Å²) in [6, 6.07) is 11.9. The van der Waals surface area contributed by atoms with Crippen molar-refractivity contribution in [3.63, 3.8) is 0 Å². The fourth-order valence-corrected chi connectivity index (χ4v) is 2.93. The monoisotopic (exact) mass is 551 g/mol. The van der Waals surface area contributed by atoms with Crippen LogP contribution in [0.1, 0.15) is 36.6 Å². The summed E-state index contributed by atoms with van der Waals surface area (Å²) < 4.78 is 3.62. The predicted molar refractivity (Wildman–Crippen MR) is 102 cm³/mol. The number of aryl methyl sites for hydroxylation is 2. The van der Waals surface area contributed by atoms with E-state index in [0.29, 0.717) is 0 Å². The fraction of sp³-hybridized carbons (Fsp3) is 0.238. The molecule has 6 nitrogen and oxygen atoms in total. The first-order chi connectivity index (χ1) is 12.9. The Kier molecular flexibility index (Phi) is 5.61. The van der Waals surface area contributed by atoms with Gasteiger partial charge in [0.05, 0.1) is 0 Å². The smallest absolute Gasteiger partial charge is 0.453 e. The molecule has 0 saturated carbocycles. The molecule has 0 unspecified atom stereocenters. The number of nitrogens with zero attached hydrogens (tertiary/aromatic N) is 6. The zero-order valence-corrected chi connectivity index (χ0v) is 18.4. The van der Waals surface area contributed by atoms with Crippen molar-refractivity contribution >= 4 is 0 Å². The molecule has 0 aliphatic carbocycles. The molecule has 144 valence electrons. The Hall–Kier alpha value is -2.59. The number of imidazole rings is 2. The minimum atomic E-state index is -0.378. The van der Waals surface area contributed by atoms with Crippen molar-refractivity contribution in [2.24, 2.45) is 0 Å². The predicted octanol–water partition coefficient (Wildman–Crippen LogP) is 3.39. The topological polar surface area (TPSA) is 61.4 Å². The van der Waals surface area contributed by atoms with E-state index in [-0.39, 0.29) is 26.5 Å². The maximum Gasteiger partial charge on any atom is 2.00 e. The summed E-state index contributed by atoms with van der Waals surface area (Å²) in [5.41, 5.74) is 3.15. The quantitative estimate of drug-likeness (QED) is 0.365. The van der Waals surface area contributed by atoms with Crippen LogP contribution in [0.2, 0.25) is 0 Å². The van der Waals surface area contributed by atoms with Crippen LogP contribution < -0.4 is 0 Å². The van der Waals surface area contributed by atoms with E-state index in [0.717, 1.165) is 34.4 Å². The zero-order chi connectivity index (χ0) is 19.0. The Morgan fingerprint density at radius 3 is 1.54 bits per heavy atom. The summed E-state index contributed by atoms with van der Waals surface area (Å²) in [5.74, 6) is 1.58. The van der Waals surface area contributed by atoms with E-state index in [1.165, 1.54) is 0 Å². The molecule has 7 heteroatoms. The summed E-state index contributed by atoms with van der Waals surface area (Å²) in [7, 11) is 0. The molecular weight excluding hydrogens is 531 g/mol. The fourth-order valence-electron chi connectivity index (χ4n) is 2.93. The van der Waals surface area contributed by atoms with Crippen molar-refractivity contribution in [1.29, 1.82) is 0 Å². The van der Waals surface area contributed by atoms with Crippen LogP contribution in [-0.4, -0.2) is 29.1 Å². The van der Waals surface area contributed by atoms with Gasteiger partial charge in [0, 0.05) is 28.4 Å². The number of pyridine rings is 2. The van der Waals surface area contributed by atoms with E-state index in [2.05, 4.69) is 36.2 Å². The first-order valence-corrected chi connectivity index (χ1v) is 8.76. The van der Waals surface area contributed by atoms with E-state index in [9.17, 15) is 0 Å². The Labute approximate surface area is 179 Å².